The first-order valence-electron chi connectivity index (χ1n) is 9.42. The van der Waals surface area contributed by atoms with Crippen molar-refractivity contribution in [1.29, 1.82) is 0 Å². The molecule has 1 amide bonds. The number of hydrogen-bond acceptors (Lipinski definition) is 5. The first-order valence-corrected chi connectivity index (χ1v) is 10.6. The smallest absolute Gasteiger partial charge is 0.329 e. The summed E-state index contributed by atoms with van der Waals surface area (Å²) in [5.41, 5.74) is 1.48. The van der Waals surface area contributed by atoms with Crippen LogP contribution in [-0.4, -0.2) is 69.8 Å². The number of imidazole rings is 1. The number of para-hydroxylation sites is 2. The Morgan fingerprint density at radius 1 is 1.26 bits per heavy atom. The lowest BCUT2D eigenvalue weighted by atomic mass is 9.95. The Hall–Kier alpha value is -1.77. The van der Waals surface area contributed by atoms with E-state index in [0.717, 1.165) is 55.3 Å². The first kappa shape index (κ1) is 18.6. The molecule has 0 saturated carbocycles. The van der Waals surface area contributed by atoms with Crippen molar-refractivity contribution in [3.05, 3.63) is 34.7 Å². The molecule has 2 aliphatic heterocycles. The summed E-state index contributed by atoms with van der Waals surface area (Å²) in [6.07, 6.45) is 1.08. The number of fused-ring (bicyclic) bond motifs is 1. The van der Waals surface area contributed by atoms with Gasteiger partial charge in [0.25, 0.3) is 0 Å². The summed E-state index contributed by atoms with van der Waals surface area (Å²) in [4.78, 5) is 27.7. The average molecular weight is 391 g/mol. The molecule has 2 aliphatic rings. The molecule has 0 aliphatic carbocycles. The summed E-state index contributed by atoms with van der Waals surface area (Å²) in [6.45, 7) is 4.01. The van der Waals surface area contributed by atoms with Crippen LogP contribution in [0.3, 0.4) is 0 Å². The lowest BCUT2D eigenvalue weighted by Gasteiger charge is -2.43. The minimum absolute atomic E-state index is 0.00776. The van der Waals surface area contributed by atoms with Gasteiger partial charge in [0.1, 0.15) is 6.54 Å². The van der Waals surface area contributed by atoms with E-state index in [4.69, 9.17) is 4.74 Å². The predicted molar refractivity (Wildman–Crippen MR) is 107 cm³/mol. The van der Waals surface area contributed by atoms with E-state index < -0.39 is 0 Å². The van der Waals surface area contributed by atoms with Crippen molar-refractivity contribution in [1.82, 2.24) is 19.4 Å². The Balaban J connectivity index is 1.47. The third-order valence-corrected chi connectivity index (χ3v) is 6.97. The number of amides is 1. The normalized spacial score (nSPS) is 23.7. The van der Waals surface area contributed by atoms with Crippen LogP contribution in [0.4, 0.5) is 0 Å². The van der Waals surface area contributed by atoms with Crippen molar-refractivity contribution >= 4 is 28.7 Å². The van der Waals surface area contributed by atoms with E-state index in [9.17, 15) is 9.59 Å². The largest absolute Gasteiger partial charge is 0.379 e. The summed E-state index contributed by atoms with van der Waals surface area (Å²) in [5, 5.41) is 3.11. The van der Waals surface area contributed by atoms with Gasteiger partial charge in [-0.2, -0.15) is 11.8 Å². The lowest BCUT2D eigenvalue weighted by Crippen LogP contribution is -2.59. The summed E-state index contributed by atoms with van der Waals surface area (Å²) in [6, 6.07) is 7.57. The number of nitrogens with one attached hydrogen (secondary N) is 1. The van der Waals surface area contributed by atoms with Gasteiger partial charge in [0.2, 0.25) is 5.91 Å². The van der Waals surface area contributed by atoms with Gasteiger partial charge in [-0.15, -0.1) is 0 Å². The second-order valence-corrected chi connectivity index (χ2v) is 8.42. The lowest BCUT2D eigenvalue weighted by molar-refractivity contribution is -0.122. The van der Waals surface area contributed by atoms with E-state index in [1.54, 1.807) is 16.2 Å². The fourth-order valence-electron chi connectivity index (χ4n) is 4.11. The Labute approximate surface area is 162 Å². The average Bonchev–Trinajstić information content (AvgIpc) is 3.28. The zero-order valence-corrected chi connectivity index (χ0v) is 16.5. The van der Waals surface area contributed by atoms with Gasteiger partial charge >= 0.3 is 5.69 Å². The zero-order valence-electron chi connectivity index (χ0n) is 15.6. The number of carbonyl (C=O) groups is 1. The molecule has 0 bridgehead atoms. The molecule has 1 aromatic carbocycles. The van der Waals surface area contributed by atoms with Crippen LogP contribution in [-0.2, 0) is 23.1 Å². The first-order chi connectivity index (χ1) is 13.1. The topological polar surface area (TPSA) is 68.5 Å². The van der Waals surface area contributed by atoms with E-state index in [1.807, 2.05) is 36.0 Å². The number of carbonyl (C=O) groups excluding carboxylic acids is 1. The minimum atomic E-state index is -0.161. The van der Waals surface area contributed by atoms with E-state index >= 15 is 0 Å². The van der Waals surface area contributed by atoms with Gasteiger partial charge < -0.3 is 10.1 Å². The molecule has 3 heterocycles. The van der Waals surface area contributed by atoms with Crippen molar-refractivity contribution in [2.45, 2.75) is 18.5 Å². The number of rotatable bonds is 5. The molecule has 7 nitrogen and oxygen atoms in total. The van der Waals surface area contributed by atoms with Gasteiger partial charge in [-0.1, -0.05) is 12.1 Å². The zero-order chi connectivity index (χ0) is 18.9. The second-order valence-electron chi connectivity index (χ2n) is 7.32. The molecular formula is C19H26N4O3S. The van der Waals surface area contributed by atoms with Crippen molar-refractivity contribution < 1.29 is 9.53 Å². The highest BCUT2D eigenvalue weighted by Crippen LogP contribution is 2.33. The number of aromatic nitrogens is 2. The second kappa shape index (κ2) is 7.69. The number of nitrogens with zero attached hydrogens (tertiary/aromatic N) is 3. The Kier molecular flexibility index (Phi) is 5.29. The van der Waals surface area contributed by atoms with Gasteiger partial charge in [0, 0.05) is 38.0 Å². The van der Waals surface area contributed by atoms with Crippen LogP contribution >= 0.6 is 11.8 Å². The third kappa shape index (κ3) is 3.53. The molecule has 0 spiro atoms. The summed E-state index contributed by atoms with van der Waals surface area (Å²) >= 11 is 1.95. The van der Waals surface area contributed by atoms with Gasteiger partial charge in [0.05, 0.1) is 24.2 Å². The molecule has 0 radical (unpaired) electrons. The summed E-state index contributed by atoms with van der Waals surface area (Å²) in [5.74, 6) is 2.04. The van der Waals surface area contributed by atoms with E-state index in [0.29, 0.717) is 6.54 Å². The Morgan fingerprint density at radius 2 is 2.00 bits per heavy atom. The maximum absolute atomic E-state index is 12.7. The van der Waals surface area contributed by atoms with Crippen molar-refractivity contribution in [3.8, 4) is 0 Å². The maximum atomic E-state index is 12.7. The number of hydrogen-bond donors (Lipinski definition) is 1. The predicted octanol–water partition coefficient (Wildman–Crippen LogP) is 0.664. The highest BCUT2D eigenvalue weighted by molar-refractivity contribution is 7.99. The molecule has 1 unspecified atom stereocenters. The van der Waals surface area contributed by atoms with Crippen LogP contribution < -0.4 is 11.0 Å². The quantitative estimate of drug-likeness (QED) is 0.813. The minimum Gasteiger partial charge on any atom is -0.379 e. The number of benzene rings is 1. The van der Waals surface area contributed by atoms with Gasteiger partial charge in [-0.05, 0) is 24.3 Å². The highest BCUT2D eigenvalue weighted by Gasteiger charge is 2.40. The monoisotopic (exact) mass is 390 g/mol. The van der Waals surface area contributed by atoms with Crippen LogP contribution in [0, 0.1) is 0 Å². The number of aryl methyl sites for hydroxylation is 1. The Morgan fingerprint density at radius 3 is 2.70 bits per heavy atom. The molecule has 1 aromatic heterocycles. The standard InChI is InChI=1S/C19H26N4O3S/c1-21-15-4-2-3-5-16(15)23(18(21)25)12-17(24)20-13-19(6-11-27-14-19)22-7-9-26-10-8-22/h2-5H,6-14H2,1H3,(H,20,24). The fourth-order valence-corrected chi connectivity index (χ4v) is 5.59. The number of ether oxygens (including phenoxy) is 1. The highest BCUT2D eigenvalue weighted by atomic mass is 32.2. The molecule has 27 heavy (non-hydrogen) atoms. The molecular weight excluding hydrogens is 364 g/mol. The molecule has 4 rings (SSSR count). The summed E-state index contributed by atoms with van der Waals surface area (Å²) in [7, 11) is 1.74. The summed E-state index contributed by atoms with van der Waals surface area (Å²) < 4.78 is 8.63. The van der Waals surface area contributed by atoms with E-state index in [1.165, 1.54) is 0 Å². The van der Waals surface area contributed by atoms with Crippen LogP contribution in [0.1, 0.15) is 6.42 Å². The van der Waals surface area contributed by atoms with Gasteiger partial charge in [-0.25, -0.2) is 4.79 Å². The number of morpholine rings is 1. The van der Waals surface area contributed by atoms with Crippen LogP contribution in [0.25, 0.3) is 11.0 Å². The molecule has 2 aromatic rings. The van der Waals surface area contributed by atoms with Crippen molar-refractivity contribution in [3.63, 3.8) is 0 Å². The molecule has 8 heteroatoms. The molecule has 1 N–H and O–H groups in total. The van der Waals surface area contributed by atoms with Crippen molar-refractivity contribution in [2.75, 3.05) is 44.4 Å². The SMILES string of the molecule is Cn1c(=O)n(CC(=O)NCC2(N3CCOCC3)CCSC2)c2ccccc21. The fraction of sp³-hybridized carbons (Fsp3) is 0.579. The Bertz CT molecular complexity index is 879. The van der Waals surface area contributed by atoms with Crippen LogP contribution in [0.2, 0.25) is 0 Å². The molecule has 2 saturated heterocycles. The number of thioether (sulfide) groups is 1. The van der Waals surface area contributed by atoms with E-state index in [-0.39, 0.29) is 23.7 Å². The van der Waals surface area contributed by atoms with Crippen LogP contribution in [0.15, 0.2) is 29.1 Å². The molecule has 1 atom stereocenters. The third-order valence-electron chi connectivity index (χ3n) is 5.73. The molecule has 2 fully saturated rings. The maximum Gasteiger partial charge on any atom is 0.329 e. The van der Waals surface area contributed by atoms with Gasteiger partial charge in [0.15, 0.2) is 0 Å². The van der Waals surface area contributed by atoms with E-state index in [2.05, 4.69) is 10.2 Å². The molecule has 146 valence electrons. The van der Waals surface area contributed by atoms with Gasteiger partial charge in [-0.3, -0.25) is 18.8 Å². The van der Waals surface area contributed by atoms with Crippen LogP contribution in [0.5, 0.6) is 0 Å². The van der Waals surface area contributed by atoms with Crippen molar-refractivity contribution in [2.24, 2.45) is 7.05 Å².